The SMILES string of the molecule is Clc1ccc(-c2nc(C3CCOC3)n3ccncc23)cc1. The van der Waals surface area contributed by atoms with E-state index in [1.165, 1.54) is 0 Å². The second-order valence-electron chi connectivity index (χ2n) is 5.22. The third kappa shape index (κ3) is 2.20. The van der Waals surface area contributed by atoms with Gasteiger partial charge >= 0.3 is 0 Å². The molecule has 1 saturated heterocycles. The van der Waals surface area contributed by atoms with Crippen LogP contribution in [-0.2, 0) is 4.74 Å². The summed E-state index contributed by atoms with van der Waals surface area (Å²) in [4.78, 5) is 9.11. The highest BCUT2D eigenvalue weighted by Crippen LogP contribution is 2.31. The summed E-state index contributed by atoms with van der Waals surface area (Å²) in [5, 5.41) is 0.727. The van der Waals surface area contributed by atoms with E-state index >= 15 is 0 Å². The normalized spacial score (nSPS) is 18.4. The standard InChI is InChI=1S/C16H14ClN3O/c17-13-3-1-11(2-4-13)15-14-9-18-6-7-20(14)16(19-15)12-5-8-21-10-12/h1-4,6-7,9,12H,5,8,10H2. The monoisotopic (exact) mass is 299 g/mol. The van der Waals surface area contributed by atoms with Crippen LogP contribution in [0.1, 0.15) is 18.2 Å². The van der Waals surface area contributed by atoms with Crippen LogP contribution < -0.4 is 0 Å². The number of ether oxygens (including phenoxy) is 1. The van der Waals surface area contributed by atoms with Crippen molar-refractivity contribution in [2.75, 3.05) is 13.2 Å². The van der Waals surface area contributed by atoms with E-state index in [0.717, 1.165) is 47.3 Å². The lowest BCUT2D eigenvalue weighted by atomic mass is 10.1. The molecule has 0 saturated carbocycles. The molecule has 4 nitrogen and oxygen atoms in total. The van der Waals surface area contributed by atoms with Crippen LogP contribution in [0.15, 0.2) is 42.9 Å². The minimum atomic E-state index is 0.348. The minimum absolute atomic E-state index is 0.348. The molecule has 1 aromatic carbocycles. The number of aromatic nitrogens is 3. The van der Waals surface area contributed by atoms with Crippen molar-refractivity contribution in [3.8, 4) is 11.3 Å². The Morgan fingerprint density at radius 3 is 2.86 bits per heavy atom. The predicted molar refractivity (Wildman–Crippen MR) is 81.6 cm³/mol. The van der Waals surface area contributed by atoms with Gasteiger partial charge in [-0.15, -0.1) is 0 Å². The number of benzene rings is 1. The van der Waals surface area contributed by atoms with Crippen LogP contribution in [0.5, 0.6) is 0 Å². The number of rotatable bonds is 2. The topological polar surface area (TPSA) is 39.4 Å². The van der Waals surface area contributed by atoms with E-state index in [1.807, 2.05) is 36.7 Å². The molecule has 2 aromatic heterocycles. The van der Waals surface area contributed by atoms with Crippen molar-refractivity contribution in [3.63, 3.8) is 0 Å². The molecule has 0 aliphatic carbocycles. The molecule has 21 heavy (non-hydrogen) atoms. The Bertz CT molecular complexity index is 776. The first-order valence-electron chi connectivity index (χ1n) is 6.98. The first-order chi connectivity index (χ1) is 10.3. The van der Waals surface area contributed by atoms with Gasteiger partial charge in [-0.2, -0.15) is 0 Å². The van der Waals surface area contributed by atoms with Crippen LogP contribution in [-0.4, -0.2) is 27.6 Å². The Labute approximate surface area is 127 Å². The molecule has 5 heteroatoms. The van der Waals surface area contributed by atoms with Crippen LogP contribution in [0.25, 0.3) is 16.8 Å². The Hall–Kier alpha value is -1.91. The van der Waals surface area contributed by atoms with Crippen molar-refractivity contribution in [1.82, 2.24) is 14.4 Å². The summed E-state index contributed by atoms with van der Waals surface area (Å²) < 4.78 is 7.63. The van der Waals surface area contributed by atoms with Gasteiger partial charge in [-0.25, -0.2) is 4.98 Å². The van der Waals surface area contributed by atoms with Gasteiger partial charge in [0.2, 0.25) is 0 Å². The number of fused-ring (bicyclic) bond motifs is 1. The Morgan fingerprint density at radius 1 is 1.24 bits per heavy atom. The molecule has 0 radical (unpaired) electrons. The summed E-state index contributed by atoms with van der Waals surface area (Å²) in [5.41, 5.74) is 3.01. The highest BCUT2D eigenvalue weighted by atomic mass is 35.5. The quantitative estimate of drug-likeness (QED) is 0.726. The zero-order valence-corrected chi connectivity index (χ0v) is 12.1. The fourth-order valence-corrected chi connectivity index (χ4v) is 2.93. The summed E-state index contributed by atoms with van der Waals surface area (Å²) in [6.07, 6.45) is 6.63. The first-order valence-corrected chi connectivity index (χ1v) is 7.36. The van der Waals surface area contributed by atoms with Crippen molar-refractivity contribution in [2.24, 2.45) is 0 Å². The van der Waals surface area contributed by atoms with Gasteiger partial charge in [-0.05, 0) is 18.6 Å². The third-order valence-electron chi connectivity index (χ3n) is 3.89. The second-order valence-corrected chi connectivity index (χ2v) is 5.65. The first kappa shape index (κ1) is 12.8. The maximum absolute atomic E-state index is 5.97. The fraction of sp³-hybridized carbons (Fsp3) is 0.250. The Balaban J connectivity index is 1.90. The van der Waals surface area contributed by atoms with Crippen LogP contribution in [0.2, 0.25) is 5.02 Å². The largest absolute Gasteiger partial charge is 0.381 e. The molecule has 106 valence electrons. The van der Waals surface area contributed by atoms with Crippen LogP contribution in [0.4, 0.5) is 0 Å². The van der Waals surface area contributed by atoms with Gasteiger partial charge in [0.1, 0.15) is 5.82 Å². The van der Waals surface area contributed by atoms with E-state index in [2.05, 4.69) is 9.38 Å². The van der Waals surface area contributed by atoms with Gasteiger partial charge in [-0.1, -0.05) is 23.7 Å². The molecule has 4 rings (SSSR count). The molecule has 0 bridgehead atoms. The van der Waals surface area contributed by atoms with Crippen LogP contribution in [0, 0.1) is 0 Å². The van der Waals surface area contributed by atoms with Gasteiger partial charge in [-0.3, -0.25) is 9.38 Å². The van der Waals surface area contributed by atoms with Crippen LogP contribution >= 0.6 is 11.6 Å². The molecule has 1 aliphatic heterocycles. The van der Waals surface area contributed by atoms with Crippen molar-refractivity contribution in [2.45, 2.75) is 12.3 Å². The third-order valence-corrected chi connectivity index (χ3v) is 4.14. The molecule has 1 fully saturated rings. The van der Waals surface area contributed by atoms with Gasteiger partial charge in [0.25, 0.3) is 0 Å². The Morgan fingerprint density at radius 2 is 2.10 bits per heavy atom. The average Bonchev–Trinajstić information content (AvgIpc) is 3.15. The van der Waals surface area contributed by atoms with E-state index in [1.54, 1.807) is 6.20 Å². The molecular weight excluding hydrogens is 286 g/mol. The van der Waals surface area contributed by atoms with Crippen LogP contribution in [0.3, 0.4) is 0 Å². The lowest BCUT2D eigenvalue weighted by molar-refractivity contribution is 0.193. The number of halogens is 1. The Kier molecular flexibility index (Phi) is 3.13. The van der Waals surface area contributed by atoms with Crippen molar-refractivity contribution in [3.05, 3.63) is 53.7 Å². The maximum atomic E-state index is 5.97. The van der Waals surface area contributed by atoms with Gasteiger partial charge in [0, 0.05) is 35.5 Å². The van der Waals surface area contributed by atoms with Gasteiger partial charge in [0.05, 0.1) is 24.0 Å². The summed E-state index contributed by atoms with van der Waals surface area (Å²) >= 11 is 5.97. The van der Waals surface area contributed by atoms with E-state index in [9.17, 15) is 0 Å². The molecule has 1 unspecified atom stereocenters. The zero-order chi connectivity index (χ0) is 14.2. The molecule has 3 aromatic rings. The molecule has 0 amide bonds. The summed E-state index contributed by atoms with van der Waals surface area (Å²) in [7, 11) is 0. The highest BCUT2D eigenvalue weighted by Gasteiger charge is 2.24. The zero-order valence-electron chi connectivity index (χ0n) is 11.4. The van der Waals surface area contributed by atoms with E-state index in [4.69, 9.17) is 21.3 Å². The van der Waals surface area contributed by atoms with Gasteiger partial charge in [0.15, 0.2) is 0 Å². The molecule has 1 aliphatic rings. The maximum Gasteiger partial charge on any atom is 0.119 e. The van der Waals surface area contributed by atoms with Crippen molar-refractivity contribution < 1.29 is 4.74 Å². The molecule has 3 heterocycles. The molecule has 0 N–H and O–H groups in total. The number of imidazole rings is 1. The smallest absolute Gasteiger partial charge is 0.119 e. The average molecular weight is 300 g/mol. The van der Waals surface area contributed by atoms with Crippen molar-refractivity contribution >= 4 is 17.1 Å². The van der Waals surface area contributed by atoms with Gasteiger partial charge < -0.3 is 4.74 Å². The summed E-state index contributed by atoms with van der Waals surface area (Å²) in [6, 6.07) is 7.76. The number of nitrogens with zero attached hydrogens (tertiary/aromatic N) is 3. The molecule has 1 atom stereocenters. The second kappa shape index (κ2) is 5.13. The molecule has 0 spiro atoms. The lowest BCUT2D eigenvalue weighted by Crippen LogP contribution is -2.03. The number of hydrogen-bond acceptors (Lipinski definition) is 3. The van der Waals surface area contributed by atoms with Crippen molar-refractivity contribution in [1.29, 1.82) is 0 Å². The summed E-state index contributed by atoms with van der Waals surface area (Å²) in [5.74, 6) is 1.40. The van der Waals surface area contributed by atoms with E-state index in [-0.39, 0.29) is 0 Å². The number of hydrogen-bond donors (Lipinski definition) is 0. The lowest BCUT2D eigenvalue weighted by Gasteiger charge is -2.05. The fourth-order valence-electron chi connectivity index (χ4n) is 2.81. The molecular formula is C16H14ClN3O. The van der Waals surface area contributed by atoms with E-state index in [0.29, 0.717) is 5.92 Å². The van der Waals surface area contributed by atoms with E-state index < -0.39 is 0 Å². The minimum Gasteiger partial charge on any atom is -0.381 e. The predicted octanol–water partition coefficient (Wildman–Crippen LogP) is 3.55. The highest BCUT2D eigenvalue weighted by molar-refractivity contribution is 6.30. The summed E-state index contributed by atoms with van der Waals surface area (Å²) in [6.45, 7) is 1.54.